The van der Waals surface area contributed by atoms with Gasteiger partial charge in [-0.2, -0.15) is 0 Å². The molecule has 0 aliphatic carbocycles. The molecule has 1 atom stereocenters. The predicted molar refractivity (Wildman–Crippen MR) is 21.4 cm³/mol. The molecular formula is C2H4FO2P. The lowest BCUT2D eigenvalue weighted by atomic mass is 11.2. The topological polar surface area (TPSA) is 26.3 Å². The molecule has 36 valence electrons. The van der Waals surface area contributed by atoms with Crippen molar-refractivity contribution in [1.29, 1.82) is 0 Å². The van der Waals surface area contributed by atoms with E-state index in [1.165, 1.54) is 0 Å². The van der Waals surface area contributed by atoms with E-state index in [-0.39, 0.29) is 0 Å². The molecule has 6 heavy (non-hydrogen) atoms. The number of hydrogen-bond donors (Lipinski definition) is 0. The van der Waals surface area contributed by atoms with Gasteiger partial charge in [-0.05, 0) is 0 Å². The highest BCUT2D eigenvalue weighted by atomic mass is 31.2. The van der Waals surface area contributed by atoms with Crippen LogP contribution >= 0.6 is 8.34 Å². The molecule has 1 unspecified atom stereocenters. The zero-order valence-corrected chi connectivity index (χ0v) is 3.98. The van der Waals surface area contributed by atoms with Gasteiger partial charge in [0.05, 0.1) is 6.26 Å². The van der Waals surface area contributed by atoms with Gasteiger partial charge in [-0.1, -0.05) is 6.58 Å². The normalized spacial score (nSPS) is 12.8. The Balaban J connectivity index is 3.05. The molecule has 0 aliphatic heterocycles. The monoisotopic (exact) mass is 110 g/mol. The fraction of sp³-hybridized carbons (Fsp3) is 0. The zero-order valence-electron chi connectivity index (χ0n) is 2.98. The Morgan fingerprint density at radius 3 is 2.50 bits per heavy atom. The molecule has 0 N–H and O–H groups in total. The van der Waals surface area contributed by atoms with Crippen LogP contribution in [0, 0.1) is 0 Å². The lowest BCUT2D eigenvalue weighted by Crippen LogP contribution is -1.49. The number of halogens is 1. The molecule has 0 aromatic rings. The van der Waals surface area contributed by atoms with Crippen LogP contribution < -0.4 is 0 Å². The molecule has 0 saturated heterocycles. The largest absolute Gasteiger partial charge is 0.432 e. The van der Waals surface area contributed by atoms with Crippen molar-refractivity contribution in [3.8, 4) is 0 Å². The SMILES string of the molecule is C=CO[PH](=O)F. The third-order valence-electron chi connectivity index (χ3n) is 0.176. The highest BCUT2D eigenvalue weighted by Crippen LogP contribution is 2.21. The zero-order chi connectivity index (χ0) is 4.99. The summed E-state index contributed by atoms with van der Waals surface area (Å²) in [5.41, 5.74) is 0. The van der Waals surface area contributed by atoms with Gasteiger partial charge in [0.25, 0.3) is 0 Å². The van der Waals surface area contributed by atoms with Crippen molar-refractivity contribution in [2.45, 2.75) is 0 Å². The van der Waals surface area contributed by atoms with Gasteiger partial charge in [0.15, 0.2) is 0 Å². The molecule has 0 radical (unpaired) electrons. The maximum absolute atomic E-state index is 11.0. The summed E-state index contributed by atoms with van der Waals surface area (Å²) in [5, 5.41) is 0. The van der Waals surface area contributed by atoms with Crippen LogP contribution in [-0.4, -0.2) is 0 Å². The van der Waals surface area contributed by atoms with Crippen LogP contribution in [0.25, 0.3) is 0 Å². The van der Waals surface area contributed by atoms with Crippen molar-refractivity contribution in [3.63, 3.8) is 0 Å². The third-order valence-corrected chi connectivity index (χ3v) is 0.528. The lowest BCUT2D eigenvalue weighted by molar-refractivity contribution is 0.425. The Kier molecular flexibility index (Phi) is 2.77. The van der Waals surface area contributed by atoms with E-state index in [0.29, 0.717) is 0 Å². The molecule has 0 amide bonds. The maximum Gasteiger partial charge on any atom is 0.403 e. The second-order valence-electron chi connectivity index (χ2n) is 0.522. The van der Waals surface area contributed by atoms with Crippen LogP contribution in [-0.2, 0) is 9.09 Å². The summed E-state index contributed by atoms with van der Waals surface area (Å²) in [6.45, 7) is 2.96. The first-order valence-electron chi connectivity index (χ1n) is 1.24. The van der Waals surface area contributed by atoms with Crippen molar-refractivity contribution in [2.75, 3.05) is 0 Å². The molecule has 0 heterocycles. The van der Waals surface area contributed by atoms with Gasteiger partial charge >= 0.3 is 8.34 Å². The Morgan fingerprint density at radius 2 is 2.50 bits per heavy atom. The first kappa shape index (κ1) is 5.70. The molecular weight excluding hydrogens is 106 g/mol. The first-order valence-corrected chi connectivity index (χ1v) is 2.44. The standard InChI is InChI=1S/C2H4FO2P/c1-2-5-6(3)4/h2,6H,1H2. The molecule has 0 aliphatic rings. The van der Waals surface area contributed by atoms with Crippen LogP contribution in [0.15, 0.2) is 12.8 Å². The molecule has 0 fully saturated rings. The van der Waals surface area contributed by atoms with Crippen molar-refractivity contribution >= 4 is 8.34 Å². The highest BCUT2D eigenvalue weighted by molar-refractivity contribution is 7.32. The smallest absolute Gasteiger partial charge is 0.403 e. The summed E-state index contributed by atoms with van der Waals surface area (Å²) in [4.78, 5) is 0. The Labute approximate surface area is 35.6 Å². The Morgan fingerprint density at radius 1 is 2.00 bits per heavy atom. The highest BCUT2D eigenvalue weighted by Gasteiger charge is 1.81. The van der Waals surface area contributed by atoms with Gasteiger partial charge in [0, 0.05) is 0 Å². The average molecular weight is 110 g/mol. The van der Waals surface area contributed by atoms with Gasteiger partial charge in [-0.15, -0.1) is 4.20 Å². The molecule has 0 saturated carbocycles. The summed E-state index contributed by atoms with van der Waals surface area (Å²) >= 11 is 0. The fourth-order valence-electron chi connectivity index (χ4n) is 0.0655. The molecule has 0 rings (SSSR count). The summed E-state index contributed by atoms with van der Waals surface area (Å²) in [7, 11) is -3.25. The fourth-order valence-corrected chi connectivity index (χ4v) is 0.197. The van der Waals surface area contributed by atoms with Gasteiger partial charge in [0.2, 0.25) is 0 Å². The van der Waals surface area contributed by atoms with Crippen molar-refractivity contribution in [2.24, 2.45) is 0 Å². The number of rotatable bonds is 2. The summed E-state index contributed by atoms with van der Waals surface area (Å²) in [6, 6.07) is 0. The Hall–Kier alpha value is -0.300. The summed E-state index contributed by atoms with van der Waals surface area (Å²) in [6.07, 6.45) is 0.807. The second kappa shape index (κ2) is 2.91. The maximum atomic E-state index is 11.0. The molecule has 0 aromatic heterocycles. The average Bonchev–Trinajstić information content (AvgIpc) is 1.35. The van der Waals surface area contributed by atoms with E-state index in [1.807, 2.05) is 0 Å². The third kappa shape index (κ3) is 3.70. The molecule has 0 bridgehead atoms. The number of hydrogen-bond acceptors (Lipinski definition) is 2. The minimum absolute atomic E-state index is 0.807. The van der Waals surface area contributed by atoms with E-state index in [1.54, 1.807) is 0 Å². The second-order valence-corrected chi connectivity index (χ2v) is 1.23. The first-order chi connectivity index (χ1) is 2.77. The lowest BCUT2D eigenvalue weighted by Gasteiger charge is -1.82. The minimum Gasteiger partial charge on any atom is -0.432 e. The molecule has 0 aromatic carbocycles. The van der Waals surface area contributed by atoms with Gasteiger partial charge in [-0.25, -0.2) is 4.57 Å². The van der Waals surface area contributed by atoms with Crippen molar-refractivity contribution < 1.29 is 13.3 Å². The van der Waals surface area contributed by atoms with Crippen molar-refractivity contribution in [3.05, 3.63) is 12.8 Å². The van der Waals surface area contributed by atoms with Gasteiger partial charge in [-0.3, -0.25) is 0 Å². The predicted octanol–water partition coefficient (Wildman–Crippen LogP) is 1.51. The van der Waals surface area contributed by atoms with Crippen LogP contribution in [0.5, 0.6) is 0 Å². The van der Waals surface area contributed by atoms with E-state index in [4.69, 9.17) is 0 Å². The Bertz CT molecular complexity index is 71.9. The molecule has 0 spiro atoms. The van der Waals surface area contributed by atoms with E-state index in [2.05, 4.69) is 11.1 Å². The van der Waals surface area contributed by atoms with Crippen LogP contribution in [0.2, 0.25) is 0 Å². The minimum atomic E-state index is -3.25. The van der Waals surface area contributed by atoms with E-state index >= 15 is 0 Å². The van der Waals surface area contributed by atoms with Crippen LogP contribution in [0.3, 0.4) is 0 Å². The van der Waals surface area contributed by atoms with Crippen molar-refractivity contribution in [1.82, 2.24) is 0 Å². The van der Waals surface area contributed by atoms with E-state index in [0.717, 1.165) is 6.26 Å². The van der Waals surface area contributed by atoms with Gasteiger partial charge < -0.3 is 4.52 Å². The summed E-state index contributed by atoms with van der Waals surface area (Å²) < 4.78 is 23.9. The van der Waals surface area contributed by atoms with E-state index < -0.39 is 8.34 Å². The molecule has 2 nitrogen and oxygen atoms in total. The van der Waals surface area contributed by atoms with Crippen LogP contribution in [0.1, 0.15) is 0 Å². The van der Waals surface area contributed by atoms with Crippen LogP contribution in [0.4, 0.5) is 4.20 Å². The van der Waals surface area contributed by atoms with E-state index in [9.17, 15) is 8.76 Å². The quantitative estimate of drug-likeness (QED) is 0.397. The molecule has 4 heteroatoms. The summed E-state index contributed by atoms with van der Waals surface area (Å²) in [5.74, 6) is 0. The van der Waals surface area contributed by atoms with Gasteiger partial charge in [0.1, 0.15) is 0 Å².